The molecule has 1 aromatic rings. The summed E-state index contributed by atoms with van der Waals surface area (Å²) in [5, 5.41) is 9.60. The van der Waals surface area contributed by atoms with Crippen LogP contribution in [-0.2, 0) is 0 Å². The molecule has 0 spiro atoms. The van der Waals surface area contributed by atoms with E-state index in [9.17, 15) is 5.11 Å². The molecule has 0 aromatic carbocycles. The van der Waals surface area contributed by atoms with E-state index in [4.69, 9.17) is 0 Å². The molecule has 0 atom stereocenters. The van der Waals surface area contributed by atoms with E-state index >= 15 is 0 Å². The van der Waals surface area contributed by atoms with Crippen LogP contribution < -0.4 is 4.90 Å². The Bertz CT molecular complexity index is 334. The first-order valence-electron chi connectivity index (χ1n) is 4.76. The van der Waals surface area contributed by atoms with Gasteiger partial charge in [0.05, 0.1) is 5.60 Å². The molecular weight excluding hydrogens is 178 g/mol. The Balaban J connectivity index is 2.18. The summed E-state index contributed by atoms with van der Waals surface area (Å²) in [5.74, 6) is 1.70. The summed E-state index contributed by atoms with van der Waals surface area (Å²) >= 11 is 0. The van der Waals surface area contributed by atoms with Crippen LogP contribution in [0.25, 0.3) is 0 Å². The number of aromatic nitrogens is 2. The molecule has 76 valence electrons. The van der Waals surface area contributed by atoms with Crippen LogP contribution in [0.3, 0.4) is 0 Å². The summed E-state index contributed by atoms with van der Waals surface area (Å²) in [5.41, 5.74) is 0.422. The zero-order chi connectivity index (χ0) is 10.3. The molecule has 0 unspecified atom stereocenters. The second-order valence-electron chi connectivity index (χ2n) is 4.27. The first-order valence-corrected chi connectivity index (χ1v) is 4.76. The Morgan fingerprint density at radius 1 is 1.36 bits per heavy atom. The Hall–Kier alpha value is -1.16. The predicted molar refractivity (Wildman–Crippen MR) is 54.3 cm³/mol. The normalized spacial score (nSPS) is 19.3. The van der Waals surface area contributed by atoms with Crippen LogP contribution >= 0.6 is 0 Å². The van der Waals surface area contributed by atoms with Crippen LogP contribution in [0.2, 0.25) is 0 Å². The minimum absolute atomic E-state index is 0.549. The third-order valence-electron chi connectivity index (χ3n) is 2.34. The second-order valence-corrected chi connectivity index (χ2v) is 4.27. The number of anilines is 1. The van der Waals surface area contributed by atoms with Gasteiger partial charge in [0.15, 0.2) is 0 Å². The molecule has 1 N–H and O–H groups in total. The molecule has 2 rings (SSSR count). The van der Waals surface area contributed by atoms with E-state index in [1.54, 1.807) is 0 Å². The van der Waals surface area contributed by atoms with Gasteiger partial charge in [0.1, 0.15) is 11.6 Å². The summed E-state index contributed by atoms with van der Waals surface area (Å²) in [7, 11) is 0. The lowest BCUT2D eigenvalue weighted by Crippen LogP contribution is -2.60. The highest BCUT2D eigenvalue weighted by Crippen LogP contribution is 2.25. The first kappa shape index (κ1) is 9.40. The van der Waals surface area contributed by atoms with Gasteiger partial charge < -0.3 is 10.0 Å². The van der Waals surface area contributed by atoms with Crippen molar-refractivity contribution in [3.05, 3.63) is 17.6 Å². The van der Waals surface area contributed by atoms with Crippen LogP contribution in [0.5, 0.6) is 0 Å². The lowest BCUT2D eigenvalue weighted by molar-refractivity contribution is 0.0305. The molecule has 0 radical (unpaired) electrons. The van der Waals surface area contributed by atoms with Gasteiger partial charge in [0, 0.05) is 24.8 Å². The topological polar surface area (TPSA) is 49.2 Å². The molecule has 4 nitrogen and oxygen atoms in total. The second kappa shape index (κ2) is 2.92. The maximum absolute atomic E-state index is 9.60. The van der Waals surface area contributed by atoms with Crippen molar-refractivity contribution in [2.24, 2.45) is 0 Å². The molecule has 0 amide bonds. The highest BCUT2D eigenvalue weighted by Gasteiger charge is 2.37. The molecule has 2 heterocycles. The summed E-state index contributed by atoms with van der Waals surface area (Å²) < 4.78 is 0. The van der Waals surface area contributed by atoms with E-state index < -0.39 is 5.60 Å². The van der Waals surface area contributed by atoms with Crippen LogP contribution in [0.4, 0.5) is 5.82 Å². The summed E-state index contributed by atoms with van der Waals surface area (Å²) in [6.45, 7) is 6.99. The molecule has 1 fully saturated rings. The largest absolute Gasteiger partial charge is 0.386 e. The average Bonchev–Trinajstić information content (AvgIpc) is 1.97. The number of aryl methyl sites for hydroxylation is 2. The van der Waals surface area contributed by atoms with Crippen molar-refractivity contribution in [1.29, 1.82) is 0 Å². The molecule has 0 saturated carbocycles. The number of aliphatic hydroxyl groups is 1. The van der Waals surface area contributed by atoms with E-state index in [-0.39, 0.29) is 0 Å². The molecular formula is C10H15N3O. The molecule has 1 saturated heterocycles. The average molecular weight is 193 g/mol. The molecule has 0 bridgehead atoms. The molecule has 14 heavy (non-hydrogen) atoms. The van der Waals surface area contributed by atoms with Crippen LogP contribution in [0.15, 0.2) is 6.07 Å². The van der Waals surface area contributed by atoms with Crippen LogP contribution in [0, 0.1) is 13.8 Å². The van der Waals surface area contributed by atoms with Crippen LogP contribution in [0.1, 0.15) is 18.4 Å². The zero-order valence-electron chi connectivity index (χ0n) is 8.78. The van der Waals surface area contributed by atoms with E-state index in [0.717, 1.165) is 17.3 Å². The number of rotatable bonds is 1. The Morgan fingerprint density at radius 2 is 2.00 bits per heavy atom. The van der Waals surface area contributed by atoms with Crippen molar-refractivity contribution in [3.63, 3.8) is 0 Å². The summed E-state index contributed by atoms with van der Waals surface area (Å²) in [6, 6.07) is 1.95. The molecule has 4 heteroatoms. The fourth-order valence-electron chi connectivity index (χ4n) is 1.80. The number of hydrogen-bond acceptors (Lipinski definition) is 4. The maximum Gasteiger partial charge on any atom is 0.132 e. The molecule has 1 aliphatic rings. The van der Waals surface area contributed by atoms with Crippen molar-refractivity contribution in [2.75, 3.05) is 18.0 Å². The molecule has 0 aliphatic carbocycles. The van der Waals surface area contributed by atoms with Crippen molar-refractivity contribution in [2.45, 2.75) is 26.4 Å². The lowest BCUT2D eigenvalue weighted by atomic mass is 9.97. The van der Waals surface area contributed by atoms with Gasteiger partial charge in [-0.05, 0) is 20.8 Å². The van der Waals surface area contributed by atoms with Gasteiger partial charge in [-0.25, -0.2) is 9.97 Å². The number of β-amino-alcohol motifs (C(OH)–C–C–N with tert-alkyl or cyclic N) is 1. The van der Waals surface area contributed by atoms with Gasteiger partial charge in [-0.1, -0.05) is 0 Å². The summed E-state index contributed by atoms with van der Waals surface area (Å²) in [4.78, 5) is 10.6. The Morgan fingerprint density at radius 3 is 2.50 bits per heavy atom. The van der Waals surface area contributed by atoms with Gasteiger partial charge in [-0.2, -0.15) is 0 Å². The number of hydrogen-bond donors (Lipinski definition) is 1. The van der Waals surface area contributed by atoms with E-state index in [1.807, 2.05) is 26.8 Å². The highest BCUT2D eigenvalue weighted by molar-refractivity contribution is 5.44. The summed E-state index contributed by atoms with van der Waals surface area (Å²) in [6.07, 6.45) is 0. The Labute approximate surface area is 83.6 Å². The lowest BCUT2D eigenvalue weighted by Gasteiger charge is -2.45. The monoisotopic (exact) mass is 193 g/mol. The van der Waals surface area contributed by atoms with Gasteiger partial charge in [0.2, 0.25) is 0 Å². The molecule has 1 aliphatic heterocycles. The first-order chi connectivity index (χ1) is 6.46. The van der Waals surface area contributed by atoms with Gasteiger partial charge in [-0.3, -0.25) is 0 Å². The smallest absolute Gasteiger partial charge is 0.132 e. The van der Waals surface area contributed by atoms with Crippen molar-refractivity contribution >= 4 is 5.82 Å². The van der Waals surface area contributed by atoms with Crippen LogP contribution in [-0.4, -0.2) is 33.8 Å². The van der Waals surface area contributed by atoms with Gasteiger partial charge >= 0.3 is 0 Å². The zero-order valence-corrected chi connectivity index (χ0v) is 8.78. The van der Waals surface area contributed by atoms with E-state index in [1.165, 1.54) is 0 Å². The van der Waals surface area contributed by atoms with Gasteiger partial charge in [-0.15, -0.1) is 0 Å². The van der Waals surface area contributed by atoms with Crippen molar-refractivity contribution < 1.29 is 5.11 Å². The van der Waals surface area contributed by atoms with Crippen molar-refractivity contribution in [1.82, 2.24) is 9.97 Å². The fourth-order valence-corrected chi connectivity index (χ4v) is 1.80. The molecule has 1 aromatic heterocycles. The SMILES string of the molecule is Cc1cc(N2CC(C)(O)C2)nc(C)n1. The van der Waals surface area contributed by atoms with Crippen molar-refractivity contribution in [3.8, 4) is 0 Å². The standard InChI is InChI=1S/C10H15N3O/c1-7-4-9(12-8(2)11-7)13-5-10(3,14)6-13/h4,14H,5-6H2,1-3H3. The van der Waals surface area contributed by atoms with Gasteiger partial charge in [0.25, 0.3) is 0 Å². The fraction of sp³-hybridized carbons (Fsp3) is 0.600. The highest BCUT2D eigenvalue weighted by atomic mass is 16.3. The maximum atomic E-state index is 9.60. The third-order valence-corrected chi connectivity index (χ3v) is 2.34. The third kappa shape index (κ3) is 1.70. The van der Waals surface area contributed by atoms with E-state index in [0.29, 0.717) is 13.1 Å². The van der Waals surface area contributed by atoms with E-state index in [2.05, 4.69) is 14.9 Å². The quantitative estimate of drug-likeness (QED) is 0.712. The minimum Gasteiger partial charge on any atom is -0.386 e. The Kier molecular flexibility index (Phi) is 1.96. The number of nitrogens with zero attached hydrogens (tertiary/aromatic N) is 3. The minimum atomic E-state index is -0.549. The predicted octanol–water partition coefficient (Wildman–Crippen LogP) is 0.664.